The Bertz CT molecular complexity index is 877. The molecule has 1 aliphatic rings. The van der Waals surface area contributed by atoms with Gasteiger partial charge in [0, 0.05) is 17.7 Å². The van der Waals surface area contributed by atoms with E-state index in [0.717, 1.165) is 29.9 Å². The maximum Gasteiger partial charge on any atom is 0.252 e. The van der Waals surface area contributed by atoms with Crippen LogP contribution in [0.1, 0.15) is 24.6 Å². The van der Waals surface area contributed by atoms with E-state index in [9.17, 15) is 0 Å². The zero-order valence-electron chi connectivity index (χ0n) is 13.8. The Morgan fingerprint density at radius 1 is 1.04 bits per heavy atom. The zero-order chi connectivity index (χ0) is 16.7. The maximum absolute atomic E-state index is 5.44. The van der Waals surface area contributed by atoms with Gasteiger partial charge in [-0.05, 0) is 31.0 Å². The van der Waals surface area contributed by atoms with Crippen LogP contribution in [0.5, 0.6) is 17.2 Å². The molecule has 0 spiro atoms. The Hall–Kier alpha value is -2.83. The number of benzene rings is 1. The lowest BCUT2D eigenvalue weighted by atomic mass is 10.1. The standard InChI is InChI=1S/C17H18N4O3/c1-22-13-8-11(9-14(23-2)15(13)24-3)12-6-7-18-17-19-16(10-4-5-10)20-21(12)17/h6-10H,4-5H2,1-3H3. The molecule has 0 saturated heterocycles. The van der Waals surface area contributed by atoms with E-state index in [1.165, 1.54) is 0 Å². The van der Waals surface area contributed by atoms with Crippen molar-refractivity contribution in [1.82, 2.24) is 19.6 Å². The molecule has 24 heavy (non-hydrogen) atoms. The number of rotatable bonds is 5. The van der Waals surface area contributed by atoms with Gasteiger partial charge in [0.1, 0.15) is 0 Å². The van der Waals surface area contributed by atoms with Crippen LogP contribution in [0.2, 0.25) is 0 Å². The fraction of sp³-hybridized carbons (Fsp3) is 0.353. The summed E-state index contributed by atoms with van der Waals surface area (Å²) in [6.07, 6.45) is 4.03. The quantitative estimate of drug-likeness (QED) is 0.718. The predicted octanol–water partition coefficient (Wildman–Crippen LogP) is 2.69. The molecule has 0 unspecified atom stereocenters. The highest BCUT2D eigenvalue weighted by atomic mass is 16.5. The van der Waals surface area contributed by atoms with Crippen LogP contribution in [-0.4, -0.2) is 40.9 Å². The summed E-state index contributed by atoms with van der Waals surface area (Å²) in [6, 6.07) is 5.70. The van der Waals surface area contributed by atoms with E-state index in [1.807, 2.05) is 18.2 Å². The highest BCUT2D eigenvalue weighted by molar-refractivity contribution is 5.69. The number of methoxy groups -OCH3 is 3. The van der Waals surface area contributed by atoms with Gasteiger partial charge in [0.2, 0.25) is 5.75 Å². The normalized spacial score (nSPS) is 14.0. The van der Waals surface area contributed by atoms with Gasteiger partial charge in [0.15, 0.2) is 17.3 Å². The molecule has 4 rings (SSSR count). The van der Waals surface area contributed by atoms with Crippen molar-refractivity contribution in [3.8, 4) is 28.5 Å². The van der Waals surface area contributed by atoms with E-state index < -0.39 is 0 Å². The van der Waals surface area contributed by atoms with Crippen LogP contribution in [0, 0.1) is 0 Å². The Morgan fingerprint density at radius 3 is 2.33 bits per heavy atom. The Kier molecular flexibility index (Phi) is 3.48. The minimum atomic E-state index is 0.472. The lowest BCUT2D eigenvalue weighted by Gasteiger charge is -2.14. The number of hydrogen-bond donors (Lipinski definition) is 0. The Labute approximate surface area is 139 Å². The molecule has 3 aromatic rings. The van der Waals surface area contributed by atoms with Crippen LogP contribution >= 0.6 is 0 Å². The molecule has 7 nitrogen and oxygen atoms in total. The fourth-order valence-electron chi connectivity index (χ4n) is 2.77. The van der Waals surface area contributed by atoms with E-state index in [1.54, 1.807) is 32.0 Å². The molecule has 0 bridgehead atoms. The Balaban J connectivity index is 1.90. The summed E-state index contributed by atoms with van der Waals surface area (Å²) in [4.78, 5) is 8.85. The van der Waals surface area contributed by atoms with Gasteiger partial charge in [0.05, 0.1) is 27.0 Å². The third-order valence-corrected chi connectivity index (χ3v) is 4.16. The summed E-state index contributed by atoms with van der Waals surface area (Å²) in [5, 5.41) is 4.63. The number of aromatic nitrogens is 4. The van der Waals surface area contributed by atoms with E-state index in [2.05, 4.69) is 15.1 Å². The molecule has 1 fully saturated rings. The predicted molar refractivity (Wildman–Crippen MR) is 87.8 cm³/mol. The number of fused-ring (bicyclic) bond motifs is 1. The zero-order valence-corrected chi connectivity index (χ0v) is 13.8. The van der Waals surface area contributed by atoms with Crippen molar-refractivity contribution in [3.05, 3.63) is 30.2 Å². The van der Waals surface area contributed by atoms with Crippen LogP contribution in [0.3, 0.4) is 0 Å². The summed E-state index contributed by atoms with van der Waals surface area (Å²) < 4.78 is 18.0. The highest BCUT2D eigenvalue weighted by Crippen LogP contribution is 2.41. The molecule has 0 amide bonds. The molecular formula is C17H18N4O3. The van der Waals surface area contributed by atoms with Gasteiger partial charge in [-0.3, -0.25) is 0 Å². The first-order valence-corrected chi connectivity index (χ1v) is 7.77. The van der Waals surface area contributed by atoms with Gasteiger partial charge in [0.25, 0.3) is 5.78 Å². The van der Waals surface area contributed by atoms with E-state index >= 15 is 0 Å². The van der Waals surface area contributed by atoms with Crippen LogP contribution in [-0.2, 0) is 0 Å². The topological polar surface area (TPSA) is 70.8 Å². The molecule has 1 aliphatic carbocycles. The molecular weight excluding hydrogens is 308 g/mol. The smallest absolute Gasteiger partial charge is 0.252 e. The second-order valence-corrected chi connectivity index (χ2v) is 5.70. The molecule has 124 valence electrons. The van der Waals surface area contributed by atoms with Crippen LogP contribution in [0.15, 0.2) is 24.4 Å². The first kappa shape index (κ1) is 14.7. The van der Waals surface area contributed by atoms with Gasteiger partial charge < -0.3 is 14.2 Å². The Morgan fingerprint density at radius 2 is 1.75 bits per heavy atom. The van der Waals surface area contributed by atoms with E-state index in [4.69, 9.17) is 14.2 Å². The highest BCUT2D eigenvalue weighted by Gasteiger charge is 2.28. The molecule has 2 aromatic heterocycles. The van der Waals surface area contributed by atoms with E-state index in [-0.39, 0.29) is 0 Å². The van der Waals surface area contributed by atoms with Crippen molar-refractivity contribution in [1.29, 1.82) is 0 Å². The molecule has 7 heteroatoms. The van der Waals surface area contributed by atoms with Crippen molar-refractivity contribution < 1.29 is 14.2 Å². The van der Waals surface area contributed by atoms with Crippen LogP contribution < -0.4 is 14.2 Å². The number of hydrogen-bond acceptors (Lipinski definition) is 6. The number of nitrogens with zero attached hydrogens (tertiary/aromatic N) is 4. The summed E-state index contributed by atoms with van der Waals surface area (Å²) in [5.74, 6) is 3.69. The molecule has 0 N–H and O–H groups in total. The summed E-state index contributed by atoms with van der Waals surface area (Å²) >= 11 is 0. The lowest BCUT2D eigenvalue weighted by Crippen LogP contribution is -1.99. The SMILES string of the molecule is COc1cc(-c2ccnc3nc(C4CC4)nn23)cc(OC)c1OC. The number of ether oxygens (including phenoxy) is 3. The third kappa shape index (κ3) is 2.33. The molecule has 1 aromatic carbocycles. The summed E-state index contributed by atoms with van der Waals surface area (Å²) in [5.41, 5.74) is 1.77. The van der Waals surface area contributed by atoms with Crippen molar-refractivity contribution in [2.24, 2.45) is 0 Å². The van der Waals surface area contributed by atoms with E-state index in [0.29, 0.717) is 28.9 Å². The maximum atomic E-state index is 5.44. The first-order valence-electron chi connectivity index (χ1n) is 7.77. The van der Waals surface area contributed by atoms with Gasteiger partial charge in [-0.15, -0.1) is 5.10 Å². The molecule has 0 aliphatic heterocycles. The molecule has 0 radical (unpaired) electrons. The van der Waals surface area contributed by atoms with Crippen LogP contribution in [0.4, 0.5) is 0 Å². The largest absolute Gasteiger partial charge is 0.493 e. The first-order chi connectivity index (χ1) is 11.7. The minimum absolute atomic E-state index is 0.472. The third-order valence-electron chi connectivity index (χ3n) is 4.16. The lowest BCUT2D eigenvalue weighted by molar-refractivity contribution is 0.324. The average molecular weight is 326 g/mol. The second-order valence-electron chi connectivity index (χ2n) is 5.70. The molecule has 0 atom stereocenters. The van der Waals surface area contributed by atoms with Crippen molar-refractivity contribution in [2.45, 2.75) is 18.8 Å². The molecule has 2 heterocycles. The minimum Gasteiger partial charge on any atom is -0.493 e. The molecule has 1 saturated carbocycles. The average Bonchev–Trinajstić information content (AvgIpc) is 3.38. The second kappa shape index (κ2) is 5.67. The van der Waals surface area contributed by atoms with Crippen LogP contribution in [0.25, 0.3) is 17.0 Å². The van der Waals surface area contributed by atoms with Crippen molar-refractivity contribution >= 4 is 5.78 Å². The van der Waals surface area contributed by atoms with Crippen molar-refractivity contribution in [3.63, 3.8) is 0 Å². The van der Waals surface area contributed by atoms with Gasteiger partial charge in [-0.2, -0.15) is 9.50 Å². The fourth-order valence-corrected chi connectivity index (χ4v) is 2.77. The summed E-state index contributed by atoms with van der Waals surface area (Å²) in [7, 11) is 4.79. The monoisotopic (exact) mass is 326 g/mol. The van der Waals surface area contributed by atoms with Gasteiger partial charge in [-0.25, -0.2) is 4.98 Å². The summed E-state index contributed by atoms with van der Waals surface area (Å²) in [6.45, 7) is 0. The van der Waals surface area contributed by atoms with Crippen molar-refractivity contribution in [2.75, 3.05) is 21.3 Å². The van der Waals surface area contributed by atoms with Gasteiger partial charge in [-0.1, -0.05) is 0 Å². The van der Waals surface area contributed by atoms with Gasteiger partial charge >= 0.3 is 0 Å².